The molecule has 8 nitrogen and oxygen atoms in total. The van der Waals surface area contributed by atoms with Crippen LogP contribution in [0, 0.1) is 12.8 Å². The van der Waals surface area contributed by atoms with Gasteiger partial charge in [-0.1, -0.05) is 6.92 Å². The lowest BCUT2D eigenvalue weighted by molar-refractivity contribution is -0.127. The number of aromatic nitrogens is 1. The Balaban J connectivity index is 1.43. The molecule has 3 heterocycles. The molecule has 3 amide bonds. The van der Waals surface area contributed by atoms with Gasteiger partial charge in [-0.25, -0.2) is 4.98 Å². The van der Waals surface area contributed by atoms with Gasteiger partial charge in [0.1, 0.15) is 17.3 Å². The lowest BCUT2D eigenvalue weighted by atomic mass is 9.88. The number of nitrogens with zero attached hydrogens (tertiary/aromatic N) is 2. The molecule has 1 aliphatic heterocycles. The SMILES string of the molecule is Cc1nc(-c2ccc3c(c2)N(CC(=O)Nc2sc4c(c2C(N)=O)CCC(C)C4)C(=O)C(C)O3)cs1. The molecular formula is C25H26N4O4S2. The third kappa shape index (κ3) is 4.43. The van der Waals surface area contributed by atoms with E-state index in [4.69, 9.17) is 10.5 Å². The molecular weight excluding hydrogens is 484 g/mol. The average Bonchev–Trinajstić information content (AvgIpc) is 3.39. The minimum atomic E-state index is -0.723. The van der Waals surface area contributed by atoms with Gasteiger partial charge in [0.25, 0.3) is 11.8 Å². The maximum atomic E-state index is 13.2. The first kappa shape index (κ1) is 23.5. The number of amides is 3. The molecule has 3 aromatic rings. The molecule has 10 heteroatoms. The van der Waals surface area contributed by atoms with Gasteiger partial charge < -0.3 is 15.8 Å². The molecule has 0 saturated carbocycles. The van der Waals surface area contributed by atoms with Gasteiger partial charge in [-0.2, -0.15) is 0 Å². The van der Waals surface area contributed by atoms with Crippen molar-refractivity contribution in [1.29, 1.82) is 0 Å². The molecule has 2 atom stereocenters. The average molecular weight is 511 g/mol. The van der Waals surface area contributed by atoms with Gasteiger partial charge in [0.05, 0.1) is 22.0 Å². The van der Waals surface area contributed by atoms with E-state index >= 15 is 0 Å². The molecule has 35 heavy (non-hydrogen) atoms. The molecule has 0 radical (unpaired) electrons. The van der Waals surface area contributed by atoms with Crippen molar-refractivity contribution in [2.24, 2.45) is 11.7 Å². The van der Waals surface area contributed by atoms with Crippen LogP contribution >= 0.6 is 22.7 Å². The first-order valence-corrected chi connectivity index (χ1v) is 13.2. The number of carbonyl (C=O) groups excluding carboxylic acids is 3. The van der Waals surface area contributed by atoms with Gasteiger partial charge in [-0.15, -0.1) is 22.7 Å². The predicted molar refractivity (Wildman–Crippen MR) is 137 cm³/mol. The summed E-state index contributed by atoms with van der Waals surface area (Å²) in [5.74, 6) is -0.211. The number of ether oxygens (including phenoxy) is 1. The lowest BCUT2D eigenvalue weighted by Gasteiger charge is -2.32. The molecule has 2 aromatic heterocycles. The van der Waals surface area contributed by atoms with Crippen LogP contribution in [0.15, 0.2) is 23.6 Å². The van der Waals surface area contributed by atoms with Crippen LogP contribution < -0.4 is 20.7 Å². The molecule has 2 aliphatic rings. The van der Waals surface area contributed by atoms with Crippen molar-refractivity contribution in [2.75, 3.05) is 16.8 Å². The van der Waals surface area contributed by atoms with Crippen molar-refractivity contribution in [3.05, 3.63) is 44.6 Å². The maximum absolute atomic E-state index is 13.2. The smallest absolute Gasteiger partial charge is 0.268 e. The molecule has 3 N–H and O–H groups in total. The van der Waals surface area contributed by atoms with E-state index in [0.717, 1.165) is 46.0 Å². The lowest BCUT2D eigenvalue weighted by Crippen LogP contribution is -2.47. The van der Waals surface area contributed by atoms with Crippen molar-refractivity contribution >= 4 is 51.1 Å². The number of rotatable bonds is 5. The highest BCUT2D eigenvalue weighted by Crippen LogP contribution is 2.40. The number of carbonyl (C=O) groups is 3. The fraction of sp³-hybridized carbons (Fsp3) is 0.360. The van der Waals surface area contributed by atoms with Crippen LogP contribution in [0.2, 0.25) is 0 Å². The molecule has 0 fully saturated rings. The van der Waals surface area contributed by atoms with Crippen LogP contribution in [0.3, 0.4) is 0 Å². The summed E-state index contributed by atoms with van der Waals surface area (Å²) in [6.07, 6.45) is 1.89. The van der Waals surface area contributed by atoms with Crippen molar-refractivity contribution in [2.45, 2.75) is 46.1 Å². The minimum Gasteiger partial charge on any atom is -0.479 e. The summed E-state index contributed by atoms with van der Waals surface area (Å²) in [6.45, 7) is 5.56. The number of nitrogens with two attached hydrogens (primary N) is 1. The fourth-order valence-corrected chi connectivity index (χ4v) is 6.69. The van der Waals surface area contributed by atoms with Crippen molar-refractivity contribution in [3.63, 3.8) is 0 Å². The molecule has 5 rings (SSSR count). The van der Waals surface area contributed by atoms with E-state index in [1.165, 1.54) is 16.2 Å². The van der Waals surface area contributed by atoms with Crippen LogP contribution in [-0.2, 0) is 22.4 Å². The largest absolute Gasteiger partial charge is 0.479 e. The standard InChI is InChI=1S/C25H26N4O4S2/c1-12-4-6-16-20(8-12)35-24(22(16)23(26)31)28-21(30)10-29-18-9-15(17-11-34-14(3)27-17)5-7-19(18)33-13(2)25(29)32/h5,7,9,11-13H,4,6,8,10H2,1-3H3,(H2,26,31)(H,28,30). The van der Waals surface area contributed by atoms with Gasteiger partial charge in [0.15, 0.2) is 6.10 Å². The summed E-state index contributed by atoms with van der Waals surface area (Å²) >= 11 is 2.95. The van der Waals surface area contributed by atoms with Gasteiger partial charge in [0, 0.05) is 15.8 Å². The zero-order valence-corrected chi connectivity index (χ0v) is 21.3. The Labute approximate surface area is 211 Å². The van der Waals surface area contributed by atoms with Crippen molar-refractivity contribution < 1.29 is 19.1 Å². The number of benzene rings is 1. The van der Waals surface area contributed by atoms with E-state index < -0.39 is 17.9 Å². The number of fused-ring (bicyclic) bond motifs is 2. The van der Waals surface area contributed by atoms with Crippen LogP contribution in [0.5, 0.6) is 5.75 Å². The second-order valence-electron chi connectivity index (χ2n) is 9.09. The first-order valence-electron chi connectivity index (χ1n) is 11.5. The predicted octanol–water partition coefficient (Wildman–Crippen LogP) is 4.16. The summed E-state index contributed by atoms with van der Waals surface area (Å²) in [5, 5.41) is 6.21. The Hall–Kier alpha value is -3.24. The number of aryl methyl sites for hydroxylation is 1. The van der Waals surface area contributed by atoms with E-state index in [1.807, 2.05) is 24.4 Å². The summed E-state index contributed by atoms with van der Waals surface area (Å²) in [4.78, 5) is 45.5. The number of anilines is 2. The van der Waals surface area contributed by atoms with Crippen LogP contribution in [0.4, 0.5) is 10.7 Å². The first-order chi connectivity index (χ1) is 16.7. The van der Waals surface area contributed by atoms with Crippen LogP contribution in [-0.4, -0.2) is 35.4 Å². The zero-order valence-electron chi connectivity index (χ0n) is 19.7. The Bertz CT molecular complexity index is 1350. The number of hydrogen-bond acceptors (Lipinski definition) is 7. The fourth-order valence-electron chi connectivity index (χ4n) is 4.63. The molecule has 0 saturated heterocycles. The van der Waals surface area contributed by atoms with Crippen molar-refractivity contribution in [1.82, 2.24) is 4.98 Å². The minimum absolute atomic E-state index is 0.212. The number of primary amides is 1. The van der Waals surface area contributed by atoms with Gasteiger partial charge >= 0.3 is 0 Å². The van der Waals surface area contributed by atoms with Gasteiger partial charge in [-0.05, 0) is 62.8 Å². The summed E-state index contributed by atoms with van der Waals surface area (Å²) in [5.41, 5.74) is 9.18. The molecule has 1 aromatic carbocycles. The van der Waals surface area contributed by atoms with Gasteiger partial charge in [0.2, 0.25) is 5.91 Å². The quantitative estimate of drug-likeness (QED) is 0.535. The van der Waals surface area contributed by atoms with E-state index in [2.05, 4.69) is 17.2 Å². The number of thiophene rings is 1. The normalized spacial score (nSPS) is 19.1. The van der Waals surface area contributed by atoms with E-state index in [9.17, 15) is 14.4 Å². The van der Waals surface area contributed by atoms with Gasteiger partial charge in [-0.3, -0.25) is 19.3 Å². The monoisotopic (exact) mass is 510 g/mol. The number of nitrogens with one attached hydrogen (secondary N) is 1. The molecule has 0 bridgehead atoms. The summed E-state index contributed by atoms with van der Waals surface area (Å²) in [7, 11) is 0. The summed E-state index contributed by atoms with van der Waals surface area (Å²) < 4.78 is 5.79. The Morgan fingerprint density at radius 1 is 1.31 bits per heavy atom. The second kappa shape index (κ2) is 9.09. The van der Waals surface area contributed by atoms with Crippen molar-refractivity contribution in [3.8, 4) is 17.0 Å². The topological polar surface area (TPSA) is 115 Å². The summed E-state index contributed by atoms with van der Waals surface area (Å²) in [6, 6.07) is 5.51. The maximum Gasteiger partial charge on any atom is 0.268 e. The van der Waals surface area contributed by atoms with Crippen LogP contribution in [0.25, 0.3) is 11.3 Å². The van der Waals surface area contributed by atoms with E-state index in [1.54, 1.807) is 24.3 Å². The highest BCUT2D eigenvalue weighted by Gasteiger charge is 2.34. The molecule has 0 spiro atoms. The molecule has 2 unspecified atom stereocenters. The van der Waals surface area contributed by atoms with E-state index in [-0.39, 0.29) is 12.5 Å². The highest BCUT2D eigenvalue weighted by atomic mass is 32.1. The number of hydrogen-bond donors (Lipinski definition) is 2. The Kier molecular flexibility index (Phi) is 6.10. The van der Waals surface area contributed by atoms with E-state index in [0.29, 0.717) is 27.9 Å². The third-order valence-corrected chi connectivity index (χ3v) is 8.34. The Morgan fingerprint density at radius 2 is 2.11 bits per heavy atom. The highest BCUT2D eigenvalue weighted by molar-refractivity contribution is 7.17. The Morgan fingerprint density at radius 3 is 2.83 bits per heavy atom. The molecule has 182 valence electrons. The number of thiazole rings is 1. The second-order valence-corrected chi connectivity index (χ2v) is 11.3. The zero-order chi connectivity index (χ0) is 24.9. The molecule has 1 aliphatic carbocycles. The third-order valence-electron chi connectivity index (χ3n) is 6.39. The van der Waals surface area contributed by atoms with Crippen LogP contribution in [0.1, 0.15) is 46.1 Å².